The Morgan fingerprint density at radius 1 is 1.24 bits per heavy atom. The van der Waals surface area contributed by atoms with Crippen molar-refractivity contribution in [1.82, 2.24) is 10.0 Å². The molecule has 6 atom stereocenters. The van der Waals surface area contributed by atoms with Crippen molar-refractivity contribution in [2.75, 3.05) is 13.7 Å². The molecular formula is C29H37Cl3N2O6S. The van der Waals surface area contributed by atoms with Crippen LogP contribution in [0.1, 0.15) is 87.8 Å². The third-order valence-corrected chi connectivity index (χ3v) is 10.8. The van der Waals surface area contributed by atoms with Gasteiger partial charge in [-0.05, 0) is 79.5 Å². The van der Waals surface area contributed by atoms with Crippen LogP contribution in [0.15, 0.2) is 18.2 Å². The van der Waals surface area contributed by atoms with Crippen molar-refractivity contribution in [3.05, 3.63) is 29.3 Å². The highest BCUT2D eigenvalue weighted by Gasteiger charge is 2.56. The van der Waals surface area contributed by atoms with E-state index in [2.05, 4.69) is 22.9 Å². The minimum absolute atomic E-state index is 0.109. The van der Waals surface area contributed by atoms with E-state index in [0.29, 0.717) is 43.8 Å². The van der Waals surface area contributed by atoms with E-state index in [1.807, 2.05) is 18.2 Å². The number of hydrogen-bond donors (Lipinski definition) is 2. The van der Waals surface area contributed by atoms with Crippen LogP contribution in [0.2, 0.25) is 0 Å². The van der Waals surface area contributed by atoms with Crippen LogP contribution in [-0.2, 0) is 24.1 Å². The van der Waals surface area contributed by atoms with Crippen LogP contribution in [0.4, 0.5) is 0 Å². The second-order valence-electron chi connectivity index (χ2n) is 11.5. The van der Waals surface area contributed by atoms with Gasteiger partial charge in [-0.25, -0.2) is 4.18 Å². The van der Waals surface area contributed by atoms with Crippen LogP contribution in [0.5, 0.6) is 5.75 Å². The molecule has 0 saturated heterocycles. The van der Waals surface area contributed by atoms with Gasteiger partial charge in [-0.2, -0.15) is 13.1 Å². The topological polar surface area (TPSA) is 111 Å². The summed E-state index contributed by atoms with van der Waals surface area (Å²) in [6, 6.07) is 5.04. The van der Waals surface area contributed by atoms with Crippen molar-refractivity contribution in [1.29, 1.82) is 0 Å². The van der Waals surface area contributed by atoms with E-state index in [4.69, 9.17) is 50.1 Å². The molecular weight excluding hydrogens is 611 g/mol. The number of nitrogens with one attached hydrogen (secondary N) is 2. The lowest BCUT2D eigenvalue weighted by Crippen LogP contribution is -2.46. The first kappa shape index (κ1) is 32.4. The summed E-state index contributed by atoms with van der Waals surface area (Å²) < 4.78 is 38.0. The number of halogens is 3. The molecule has 1 aromatic rings. The minimum atomic E-state index is -4.50. The highest BCUT2D eigenvalue weighted by atomic mass is 35.6. The van der Waals surface area contributed by atoms with Crippen LogP contribution < -0.4 is 14.8 Å². The van der Waals surface area contributed by atoms with Gasteiger partial charge in [-0.1, -0.05) is 47.8 Å². The Morgan fingerprint density at radius 2 is 2.00 bits per heavy atom. The molecule has 8 nitrogen and oxygen atoms in total. The summed E-state index contributed by atoms with van der Waals surface area (Å²) in [5.41, 5.74) is 1.44. The van der Waals surface area contributed by atoms with E-state index in [0.717, 1.165) is 36.8 Å². The van der Waals surface area contributed by atoms with Gasteiger partial charge in [0.05, 0.1) is 13.5 Å². The van der Waals surface area contributed by atoms with Gasteiger partial charge < -0.3 is 10.1 Å². The summed E-state index contributed by atoms with van der Waals surface area (Å²) in [5.74, 6) is 3.39. The predicted molar refractivity (Wildman–Crippen MR) is 159 cm³/mol. The van der Waals surface area contributed by atoms with E-state index in [-0.39, 0.29) is 23.2 Å². The van der Waals surface area contributed by atoms with Crippen LogP contribution in [0, 0.1) is 29.6 Å². The SMILES string of the molecule is C#CCCCCNC(=O)C[C@@H](OS(=O)(=O)NC1C[C@@H]2[C@H](CC[C@]3(C)C(=O)CC[C@@H]23)c2ccc(OC)cc21)C(Cl)(Cl)Cl. The maximum atomic E-state index is 13.4. The number of Topliss-reactive ketones (excluding diaryl/α,β-unsaturated/α-hetero) is 1. The van der Waals surface area contributed by atoms with Gasteiger partial charge in [0, 0.05) is 30.8 Å². The molecule has 41 heavy (non-hydrogen) atoms. The average molecular weight is 648 g/mol. The van der Waals surface area contributed by atoms with Gasteiger partial charge in [-0.3, -0.25) is 9.59 Å². The number of amides is 1. The fourth-order valence-corrected chi connectivity index (χ4v) is 8.65. The molecule has 0 aromatic heterocycles. The average Bonchev–Trinajstić information content (AvgIpc) is 3.21. The number of benzene rings is 1. The van der Waals surface area contributed by atoms with Crippen LogP contribution in [0.25, 0.3) is 0 Å². The Morgan fingerprint density at radius 3 is 2.68 bits per heavy atom. The number of ether oxygens (including phenoxy) is 1. The van der Waals surface area contributed by atoms with Crippen molar-refractivity contribution in [3.8, 4) is 18.1 Å². The number of alkyl halides is 3. The minimum Gasteiger partial charge on any atom is -0.497 e. The zero-order valence-corrected chi connectivity index (χ0v) is 26.3. The molecule has 1 aromatic carbocycles. The molecule has 1 amide bonds. The Bertz CT molecular complexity index is 1290. The largest absolute Gasteiger partial charge is 0.497 e. The Kier molecular flexibility index (Phi) is 10.3. The first-order valence-corrected chi connectivity index (χ1v) is 16.5. The van der Waals surface area contributed by atoms with Gasteiger partial charge >= 0.3 is 10.3 Å². The maximum absolute atomic E-state index is 13.4. The lowest BCUT2D eigenvalue weighted by Gasteiger charge is -2.50. The molecule has 1 unspecified atom stereocenters. The standard InChI is InChI=1S/C29H37Cl3N2O6S/c1-4-5-6-7-14-33-27(36)17-26(29(30,31)32)40-41(37,38)34-24-16-21-20(19-9-8-18(39-3)15-22(19)24)12-13-28(2)23(21)10-11-25(28)35/h1,8-9,15,20-21,23-24,26,34H,5-7,10-14,16-17H2,2-3H3,(H,33,36)/t20-,21-,23+,24?,26-,28+/m1/s1. The number of ketones is 1. The highest BCUT2D eigenvalue weighted by molar-refractivity contribution is 7.84. The normalized spacial score (nSPS) is 28.1. The van der Waals surface area contributed by atoms with E-state index in [1.54, 1.807) is 7.11 Å². The molecule has 12 heteroatoms. The fraction of sp³-hybridized carbons (Fsp3) is 0.655. The molecule has 0 spiro atoms. The quantitative estimate of drug-likeness (QED) is 0.186. The summed E-state index contributed by atoms with van der Waals surface area (Å²) in [7, 11) is -2.95. The van der Waals surface area contributed by atoms with E-state index < -0.39 is 38.6 Å². The van der Waals surface area contributed by atoms with E-state index in [1.165, 1.54) is 0 Å². The van der Waals surface area contributed by atoms with Gasteiger partial charge in [0.1, 0.15) is 17.6 Å². The number of carbonyl (C=O) groups excluding carboxylic acids is 2. The van der Waals surface area contributed by atoms with Crippen molar-refractivity contribution in [2.24, 2.45) is 17.3 Å². The number of rotatable bonds is 11. The number of fused-ring (bicyclic) bond motifs is 5. The number of hydrogen-bond acceptors (Lipinski definition) is 6. The van der Waals surface area contributed by atoms with E-state index >= 15 is 0 Å². The first-order valence-electron chi connectivity index (χ1n) is 14.0. The van der Waals surface area contributed by atoms with Crippen molar-refractivity contribution in [3.63, 3.8) is 0 Å². The Hall–Kier alpha value is -1.54. The second-order valence-corrected chi connectivity index (χ2v) is 15.2. The van der Waals surface area contributed by atoms with Crippen LogP contribution in [-0.4, -0.2) is 43.7 Å². The van der Waals surface area contributed by atoms with Crippen molar-refractivity contribution >= 4 is 56.8 Å². The second kappa shape index (κ2) is 13.0. The van der Waals surface area contributed by atoms with Gasteiger partial charge in [0.25, 0.3) is 0 Å². The monoisotopic (exact) mass is 646 g/mol. The summed E-state index contributed by atoms with van der Waals surface area (Å²) >= 11 is 18.2. The number of methoxy groups -OCH3 is 1. The predicted octanol–water partition coefficient (Wildman–Crippen LogP) is 5.52. The molecule has 2 N–H and O–H groups in total. The summed E-state index contributed by atoms with van der Waals surface area (Å²) in [6.07, 6.45) is 8.69. The molecule has 0 aliphatic heterocycles. The van der Waals surface area contributed by atoms with Gasteiger partial charge in [0.2, 0.25) is 9.70 Å². The summed E-state index contributed by atoms with van der Waals surface area (Å²) in [6.45, 7) is 2.41. The van der Waals surface area contributed by atoms with Gasteiger partial charge in [0.15, 0.2) is 0 Å². The van der Waals surface area contributed by atoms with Gasteiger partial charge in [-0.15, -0.1) is 12.3 Å². The summed E-state index contributed by atoms with van der Waals surface area (Å²) in [5, 5.41) is 2.68. The molecule has 0 radical (unpaired) electrons. The van der Waals surface area contributed by atoms with Crippen molar-refractivity contribution < 1.29 is 26.9 Å². The Balaban J connectivity index is 1.54. The third kappa shape index (κ3) is 7.34. The van der Waals surface area contributed by atoms with E-state index in [9.17, 15) is 18.0 Å². The molecule has 3 aliphatic rings. The van der Waals surface area contributed by atoms with Crippen LogP contribution >= 0.6 is 34.8 Å². The molecule has 4 rings (SSSR count). The molecule has 2 saturated carbocycles. The summed E-state index contributed by atoms with van der Waals surface area (Å²) in [4.78, 5) is 25.3. The number of unbranched alkanes of at least 4 members (excludes halogenated alkanes) is 2. The first-order chi connectivity index (χ1) is 19.3. The fourth-order valence-electron chi connectivity index (χ4n) is 6.98. The molecule has 2 fully saturated rings. The smallest absolute Gasteiger partial charge is 0.336 e. The zero-order chi connectivity index (χ0) is 30.0. The van der Waals surface area contributed by atoms with Crippen LogP contribution in [0.3, 0.4) is 0 Å². The lowest BCUT2D eigenvalue weighted by atomic mass is 9.55. The van der Waals surface area contributed by atoms with Crippen molar-refractivity contribution in [2.45, 2.75) is 86.6 Å². The Labute approximate surface area is 257 Å². The highest BCUT2D eigenvalue weighted by Crippen LogP contribution is 2.61. The maximum Gasteiger partial charge on any atom is 0.336 e. The molecule has 0 heterocycles. The molecule has 0 bridgehead atoms. The number of carbonyl (C=O) groups is 2. The number of terminal acetylenes is 1. The molecule has 226 valence electrons. The zero-order valence-electron chi connectivity index (χ0n) is 23.3. The third-order valence-electron chi connectivity index (χ3n) is 9.06. The molecule has 3 aliphatic carbocycles. The lowest BCUT2D eigenvalue weighted by molar-refractivity contribution is -0.129.